The lowest BCUT2D eigenvalue weighted by Gasteiger charge is -2.14. The average molecular weight is 317 g/mol. The molecule has 116 valence electrons. The fraction of sp³-hybridized carbons (Fsp3) is 0.583. The minimum atomic E-state index is -0.752. The first-order valence-corrected chi connectivity index (χ1v) is 7.44. The van der Waals surface area contributed by atoms with Crippen molar-refractivity contribution in [1.82, 2.24) is 9.55 Å². The predicted octanol–water partition coefficient (Wildman–Crippen LogP) is 0.896. The van der Waals surface area contributed by atoms with Gasteiger partial charge in [-0.25, -0.2) is 9.18 Å². The molecule has 0 spiro atoms. The van der Waals surface area contributed by atoms with Crippen LogP contribution in [0.2, 0.25) is 0 Å². The molecule has 2 rings (SSSR count). The van der Waals surface area contributed by atoms with Crippen LogP contribution >= 0.6 is 11.8 Å². The van der Waals surface area contributed by atoms with Crippen molar-refractivity contribution in [2.45, 2.75) is 30.9 Å². The van der Waals surface area contributed by atoms with Gasteiger partial charge in [0.2, 0.25) is 0 Å². The maximum atomic E-state index is 13.4. The van der Waals surface area contributed by atoms with Gasteiger partial charge >= 0.3 is 11.7 Å². The molecule has 0 radical (unpaired) electrons. The summed E-state index contributed by atoms with van der Waals surface area (Å²) in [6.07, 6.45) is 2.02. The van der Waals surface area contributed by atoms with Crippen LogP contribution in [-0.4, -0.2) is 33.8 Å². The van der Waals surface area contributed by atoms with Gasteiger partial charge in [0, 0.05) is 12.2 Å². The fourth-order valence-corrected chi connectivity index (χ4v) is 3.08. The summed E-state index contributed by atoms with van der Waals surface area (Å²) < 4.78 is 24.7. The molecule has 7 nitrogen and oxygen atoms in total. The summed E-state index contributed by atoms with van der Waals surface area (Å²) in [4.78, 5) is 26.1. The zero-order valence-electron chi connectivity index (χ0n) is 11.5. The largest absolute Gasteiger partial charge is 0.469 e. The van der Waals surface area contributed by atoms with Crippen molar-refractivity contribution in [2.24, 2.45) is 0 Å². The first-order valence-electron chi connectivity index (χ1n) is 6.39. The molecule has 2 heterocycles. The average Bonchev–Trinajstić information content (AvgIpc) is 2.91. The highest BCUT2D eigenvalue weighted by Gasteiger charge is 2.28. The number of hydrogen-bond donors (Lipinski definition) is 1. The summed E-state index contributed by atoms with van der Waals surface area (Å²) in [5, 5.41) is 0. The molecule has 2 atom stereocenters. The molecule has 9 heteroatoms. The summed E-state index contributed by atoms with van der Waals surface area (Å²) in [5.74, 6) is -0.933. The number of thioether (sulfide) groups is 1. The summed E-state index contributed by atoms with van der Waals surface area (Å²) in [6.45, 7) is 0. The fourth-order valence-electron chi connectivity index (χ4n) is 1.92. The van der Waals surface area contributed by atoms with Crippen molar-refractivity contribution in [3.05, 3.63) is 22.5 Å². The van der Waals surface area contributed by atoms with E-state index >= 15 is 0 Å². The topological polar surface area (TPSA) is 96.4 Å². The van der Waals surface area contributed by atoms with Gasteiger partial charge in [-0.1, -0.05) is 0 Å². The van der Waals surface area contributed by atoms with Crippen LogP contribution in [0.4, 0.5) is 10.2 Å². The number of carbonyl (C=O) groups is 1. The quantitative estimate of drug-likeness (QED) is 0.806. The van der Waals surface area contributed by atoms with E-state index in [-0.39, 0.29) is 11.4 Å². The summed E-state index contributed by atoms with van der Waals surface area (Å²) >= 11 is 1.51. The lowest BCUT2D eigenvalue weighted by Crippen LogP contribution is -2.29. The number of halogens is 1. The second-order valence-corrected chi connectivity index (χ2v) is 5.68. The number of nitrogen functional groups attached to an aromatic ring is 1. The summed E-state index contributed by atoms with van der Waals surface area (Å²) in [6, 6.07) is 0. The van der Waals surface area contributed by atoms with Crippen LogP contribution in [0.15, 0.2) is 11.0 Å². The van der Waals surface area contributed by atoms with Gasteiger partial charge in [0.25, 0.3) is 0 Å². The molecule has 1 aromatic rings. The molecular weight excluding hydrogens is 301 g/mol. The van der Waals surface area contributed by atoms with Crippen LogP contribution in [0.3, 0.4) is 0 Å². The van der Waals surface area contributed by atoms with Gasteiger partial charge in [0.15, 0.2) is 11.6 Å². The Hall–Kier alpha value is -1.61. The van der Waals surface area contributed by atoms with Gasteiger partial charge in [-0.15, -0.1) is 11.8 Å². The normalized spacial score (nSPS) is 21.4. The maximum Gasteiger partial charge on any atom is 0.351 e. The Kier molecular flexibility index (Phi) is 5.18. The van der Waals surface area contributed by atoms with E-state index in [4.69, 9.17) is 10.5 Å². The zero-order valence-corrected chi connectivity index (χ0v) is 12.3. The van der Waals surface area contributed by atoms with Crippen LogP contribution in [0.1, 0.15) is 25.5 Å². The van der Waals surface area contributed by atoms with E-state index in [0.29, 0.717) is 25.0 Å². The molecule has 1 saturated heterocycles. The van der Waals surface area contributed by atoms with E-state index in [1.54, 1.807) is 0 Å². The molecule has 1 fully saturated rings. The lowest BCUT2D eigenvalue weighted by atomic mass is 10.2. The number of methoxy groups -OCH3 is 1. The van der Waals surface area contributed by atoms with E-state index < -0.39 is 23.6 Å². The number of carbonyl (C=O) groups excluding carboxylic acids is 1. The third-order valence-corrected chi connectivity index (χ3v) is 4.22. The highest BCUT2D eigenvalue weighted by atomic mass is 32.2. The Balaban J connectivity index is 1.92. The third kappa shape index (κ3) is 3.94. The number of nitrogens with two attached hydrogens (primary N) is 1. The Labute approximate surface area is 124 Å². The highest BCUT2D eigenvalue weighted by molar-refractivity contribution is 7.99. The Bertz CT molecular complexity index is 580. The molecule has 2 unspecified atom stereocenters. The van der Waals surface area contributed by atoms with Crippen molar-refractivity contribution in [1.29, 1.82) is 0 Å². The SMILES string of the molecule is COC(=O)CCCC1OC(n2cc(F)c(N)nc2=O)CS1. The number of ether oxygens (including phenoxy) is 2. The number of anilines is 1. The molecule has 0 aliphatic carbocycles. The molecule has 2 N–H and O–H groups in total. The maximum absolute atomic E-state index is 13.4. The van der Waals surface area contributed by atoms with E-state index in [0.717, 1.165) is 10.8 Å². The molecule has 0 bridgehead atoms. The minimum absolute atomic E-state index is 0.146. The summed E-state index contributed by atoms with van der Waals surface area (Å²) in [5.41, 5.74) is 4.44. The molecule has 1 aliphatic heterocycles. The number of hydrogen-bond acceptors (Lipinski definition) is 7. The standard InChI is InChI=1S/C12H16FN3O4S/c1-19-9(17)3-2-4-10-20-8(6-21-10)16-5-7(13)11(14)15-12(16)18/h5,8,10H,2-4,6H2,1H3,(H2,14,15,18). The van der Waals surface area contributed by atoms with E-state index in [1.807, 2.05) is 0 Å². The number of esters is 1. The molecular formula is C12H16FN3O4S. The van der Waals surface area contributed by atoms with Crippen LogP contribution in [-0.2, 0) is 14.3 Å². The van der Waals surface area contributed by atoms with Crippen LogP contribution in [0.5, 0.6) is 0 Å². The molecule has 0 amide bonds. The van der Waals surface area contributed by atoms with Crippen LogP contribution < -0.4 is 11.4 Å². The van der Waals surface area contributed by atoms with E-state index in [1.165, 1.54) is 18.9 Å². The molecule has 1 aromatic heterocycles. The number of aromatic nitrogens is 2. The lowest BCUT2D eigenvalue weighted by molar-refractivity contribution is -0.140. The van der Waals surface area contributed by atoms with Crippen molar-refractivity contribution < 1.29 is 18.7 Å². The number of nitrogens with zero attached hydrogens (tertiary/aromatic N) is 2. The Morgan fingerprint density at radius 1 is 1.71 bits per heavy atom. The van der Waals surface area contributed by atoms with E-state index in [2.05, 4.69) is 9.72 Å². The van der Waals surface area contributed by atoms with Crippen molar-refractivity contribution in [3.63, 3.8) is 0 Å². The van der Waals surface area contributed by atoms with Gasteiger partial charge in [-0.2, -0.15) is 4.98 Å². The van der Waals surface area contributed by atoms with Gasteiger partial charge in [0.05, 0.1) is 13.3 Å². The number of rotatable bonds is 5. The van der Waals surface area contributed by atoms with Gasteiger partial charge < -0.3 is 15.2 Å². The first-order chi connectivity index (χ1) is 10.0. The van der Waals surface area contributed by atoms with Crippen molar-refractivity contribution >= 4 is 23.5 Å². The summed E-state index contributed by atoms with van der Waals surface area (Å²) in [7, 11) is 1.34. The van der Waals surface area contributed by atoms with Crippen molar-refractivity contribution in [2.75, 3.05) is 18.6 Å². The van der Waals surface area contributed by atoms with Crippen molar-refractivity contribution in [3.8, 4) is 0 Å². The monoisotopic (exact) mass is 317 g/mol. The second-order valence-electron chi connectivity index (χ2n) is 4.49. The van der Waals surface area contributed by atoms with Crippen LogP contribution in [0, 0.1) is 5.82 Å². The smallest absolute Gasteiger partial charge is 0.351 e. The van der Waals surface area contributed by atoms with E-state index in [9.17, 15) is 14.0 Å². The minimum Gasteiger partial charge on any atom is -0.469 e. The molecule has 0 aromatic carbocycles. The highest BCUT2D eigenvalue weighted by Crippen LogP contribution is 2.33. The second kappa shape index (κ2) is 6.90. The van der Waals surface area contributed by atoms with Crippen LogP contribution in [0.25, 0.3) is 0 Å². The van der Waals surface area contributed by atoms with Gasteiger partial charge in [-0.3, -0.25) is 9.36 Å². The zero-order chi connectivity index (χ0) is 15.4. The first kappa shape index (κ1) is 15.8. The molecule has 0 saturated carbocycles. The van der Waals surface area contributed by atoms with Gasteiger partial charge in [-0.05, 0) is 12.8 Å². The Morgan fingerprint density at radius 3 is 3.19 bits per heavy atom. The predicted molar refractivity (Wildman–Crippen MR) is 75.1 cm³/mol. The van der Waals surface area contributed by atoms with Gasteiger partial charge in [0.1, 0.15) is 11.7 Å². The third-order valence-electron chi connectivity index (χ3n) is 3.03. The molecule has 21 heavy (non-hydrogen) atoms. The Morgan fingerprint density at radius 2 is 2.48 bits per heavy atom. The molecule has 1 aliphatic rings.